The fourth-order valence-corrected chi connectivity index (χ4v) is 4.90. The molecule has 0 spiro atoms. The van der Waals surface area contributed by atoms with E-state index in [9.17, 15) is 14.7 Å². The van der Waals surface area contributed by atoms with Gasteiger partial charge in [-0.05, 0) is 31.6 Å². The normalized spacial score (nSPS) is 23.3. The SMILES string of the molecule is CCCCC[C@H](O)/C=C/[C@H]1C(SCCN)CC(=O)[C@@H]1C/C=C\CCCC(=O)OC. The third kappa shape index (κ3) is 10.5. The number of hydrogen-bond acceptors (Lipinski definition) is 6. The fourth-order valence-electron chi connectivity index (χ4n) is 3.68. The van der Waals surface area contributed by atoms with Crippen molar-refractivity contribution in [2.45, 2.75) is 76.1 Å². The average Bonchev–Trinajstić information content (AvgIpc) is 3.01. The van der Waals surface area contributed by atoms with Gasteiger partial charge in [-0.1, -0.05) is 50.5 Å². The number of nitrogens with two attached hydrogens (primary N) is 1. The lowest BCUT2D eigenvalue weighted by Gasteiger charge is -2.20. The van der Waals surface area contributed by atoms with Crippen molar-refractivity contribution in [1.82, 2.24) is 0 Å². The molecule has 0 aromatic carbocycles. The number of unbranched alkanes of at least 4 members (excludes halogenated alkanes) is 3. The van der Waals surface area contributed by atoms with E-state index in [0.29, 0.717) is 31.6 Å². The molecule has 0 aromatic heterocycles. The van der Waals surface area contributed by atoms with Crippen LogP contribution >= 0.6 is 11.8 Å². The highest BCUT2D eigenvalue weighted by atomic mass is 32.2. The molecule has 1 aliphatic rings. The number of thioether (sulfide) groups is 1. The minimum Gasteiger partial charge on any atom is -0.469 e. The summed E-state index contributed by atoms with van der Waals surface area (Å²) in [6.45, 7) is 2.76. The fraction of sp³-hybridized carbons (Fsp3) is 0.739. The van der Waals surface area contributed by atoms with E-state index in [0.717, 1.165) is 44.3 Å². The highest BCUT2D eigenvalue weighted by molar-refractivity contribution is 8.00. The molecule has 1 unspecified atom stereocenters. The Morgan fingerprint density at radius 2 is 2.14 bits per heavy atom. The van der Waals surface area contributed by atoms with Gasteiger partial charge in [-0.2, -0.15) is 11.8 Å². The van der Waals surface area contributed by atoms with Gasteiger partial charge in [0.15, 0.2) is 0 Å². The molecule has 29 heavy (non-hydrogen) atoms. The Morgan fingerprint density at radius 1 is 1.34 bits per heavy atom. The molecule has 166 valence electrons. The van der Waals surface area contributed by atoms with Crippen LogP contribution in [-0.4, -0.2) is 47.6 Å². The van der Waals surface area contributed by atoms with Crippen molar-refractivity contribution >= 4 is 23.5 Å². The quantitative estimate of drug-likeness (QED) is 0.234. The van der Waals surface area contributed by atoms with E-state index < -0.39 is 6.10 Å². The Hall–Kier alpha value is -1.11. The number of hydrogen-bond donors (Lipinski definition) is 2. The molecular formula is C23H39NO4S. The van der Waals surface area contributed by atoms with E-state index in [1.54, 1.807) is 11.8 Å². The van der Waals surface area contributed by atoms with Crippen molar-refractivity contribution in [2.75, 3.05) is 19.4 Å². The van der Waals surface area contributed by atoms with Crippen molar-refractivity contribution in [3.63, 3.8) is 0 Å². The third-order valence-corrected chi connectivity index (χ3v) is 6.74. The lowest BCUT2D eigenvalue weighted by molar-refractivity contribution is -0.140. The van der Waals surface area contributed by atoms with Gasteiger partial charge in [-0.15, -0.1) is 0 Å². The number of methoxy groups -OCH3 is 1. The molecular weight excluding hydrogens is 386 g/mol. The maximum absolute atomic E-state index is 12.6. The van der Waals surface area contributed by atoms with Gasteiger partial charge < -0.3 is 15.6 Å². The molecule has 5 nitrogen and oxygen atoms in total. The van der Waals surface area contributed by atoms with E-state index >= 15 is 0 Å². The predicted octanol–water partition coefficient (Wildman–Crippen LogP) is 4.04. The van der Waals surface area contributed by atoms with E-state index in [1.165, 1.54) is 7.11 Å². The van der Waals surface area contributed by atoms with E-state index in [-0.39, 0.29) is 23.1 Å². The molecule has 1 rings (SSSR count). The van der Waals surface area contributed by atoms with Crippen LogP contribution in [0.3, 0.4) is 0 Å². The summed E-state index contributed by atoms with van der Waals surface area (Å²) >= 11 is 1.77. The van der Waals surface area contributed by atoms with Gasteiger partial charge in [0.25, 0.3) is 0 Å². The van der Waals surface area contributed by atoms with Crippen molar-refractivity contribution < 1.29 is 19.4 Å². The van der Waals surface area contributed by atoms with Gasteiger partial charge in [0, 0.05) is 36.3 Å². The van der Waals surface area contributed by atoms with Crippen LogP contribution in [0.15, 0.2) is 24.3 Å². The number of rotatable bonds is 15. The van der Waals surface area contributed by atoms with Crippen molar-refractivity contribution in [1.29, 1.82) is 0 Å². The van der Waals surface area contributed by atoms with Gasteiger partial charge in [0.05, 0.1) is 13.2 Å². The number of ketones is 1. The largest absolute Gasteiger partial charge is 0.469 e. The van der Waals surface area contributed by atoms with Crippen LogP contribution in [0.25, 0.3) is 0 Å². The summed E-state index contributed by atoms with van der Waals surface area (Å²) in [6, 6.07) is 0. The molecule has 0 radical (unpaired) electrons. The molecule has 0 aliphatic heterocycles. The summed E-state index contributed by atoms with van der Waals surface area (Å²) in [4.78, 5) is 23.8. The van der Waals surface area contributed by atoms with Gasteiger partial charge in [0.1, 0.15) is 5.78 Å². The van der Waals surface area contributed by atoms with Crippen LogP contribution < -0.4 is 5.73 Å². The molecule has 1 saturated carbocycles. The molecule has 4 atom stereocenters. The van der Waals surface area contributed by atoms with E-state index in [2.05, 4.69) is 29.9 Å². The van der Waals surface area contributed by atoms with Crippen LogP contribution in [0.4, 0.5) is 0 Å². The molecule has 6 heteroatoms. The molecule has 0 aromatic rings. The Kier molecular flexibility index (Phi) is 14.0. The van der Waals surface area contributed by atoms with Crippen LogP contribution in [0.2, 0.25) is 0 Å². The molecule has 0 heterocycles. The second kappa shape index (κ2) is 15.7. The number of Topliss-reactive ketones (excluding diaryl/α,β-unsaturated/α-hetero) is 1. The van der Waals surface area contributed by atoms with Crippen LogP contribution in [0.5, 0.6) is 0 Å². The maximum atomic E-state index is 12.6. The van der Waals surface area contributed by atoms with Crippen LogP contribution in [-0.2, 0) is 14.3 Å². The summed E-state index contributed by atoms with van der Waals surface area (Å²) < 4.78 is 4.64. The van der Waals surface area contributed by atoms with Crippen LogP contribution in [0, 0.1) is 11.8 Å². The number of ether oxygens (including phenoxy) is 1. The Morgan fingerprint density at radius 3 is 2.83 bits per heavy atom. The first-order valence-electron chi connectivity index (χ1n) is 11.0. The monoisotopic (exact) mass is 425 g/mol. The molecule has 1 aliphatic carbocycles. The number of esters is 1. The highest BCUT2D eigenvalue weighted by Gasteiger charge is 2.40. The Balaban J connectivity index is 2.63. The zero-order valence-electron chi connectivity index (χ0n) is 18.1. The number of aliphatic hydroxyl groups excluding tert-OH is 1. The second-order valence-electron chi connectivity index (χ2n) is 7.68. The zero-order valence-corrected chi connectivity index (χ0v) is 18.9. The zero-order chi connectivity index (χ0) is 21.5. The van der Waals surface area contributed by atoms with Crippen LogP contribution in [0.1, 0.15) is 64.7 Å². The predicted molar refractivity (Wildman–Crippen MR) is 121 cm³/mol. The third-order valence-electron chi connectivity index (χ3n) is 5.35. The van der Waals surface area contributed by atoms with Gasteiger partial charge in [0.2, 0.25) is 0 Å². The summed E-state index contributed by atoms with van der Waals surface area (Å²) in [6.07, 6.45) is 15.0. The lowest BCUT2D eigenvalue weighted by Crippen LogP contribution is -2.18. The maximum Gasteiger partial charge on any atom is 0.305 e. The highest BCUT2D eigenvalue weighted by Crippen LogP contribution is 2.40. The summed E-state index contributed by atoms with van der Waals surface area (Å²) in [5.41, 5.74) is 5.66. The number of carbonyl (C=O) groups excluding carboxylic acids is 2. The summed E-state index contributed by atoms with van der Waals surface area (Å²) in [7, 11) is 1.40. The first-order valence-corrected chi connectivity index (χ1v) is 12.0. The first kappa shape index (κ1) is 25.9. The smallest absolute Gasteiger partial charge is 0.305 e. The molecule has 1 fully saturated rings. The second-order valence-corrected chi connectivity index (χ2v) is 9.02. The number of carbonyl (C=O) groups is 2. The first-order chi connectivity index (χ1) is 14.0. The Bertz CT molecular complexity index is 535. The molecule has 0 amide bonds. The summed E-state index contributed by atoms with van der Waals surface area (Å²) in [5, 5.41) is 10.5. The molecule has 0 saturated heterocycles. The topological polar surface area (TPSA) is 89.6 Å². The van der Waals surface area contributed by atoms with Crippen molar-refractivity contribution in [3.05, 3.63) is 24.3 Å². The lowest BCUT2D eigenvalue weighted by atomic mass is 9.91. The van der Waals surface area contributed by atoms with Gasteiger partial charge in [-0.3, -0.25) is 9.59 Å². The number of aliphatic hydroxyl groups is 1. The molecule has 0 bridgehead atoms. The minimum absolute atomic E-state index is 0.0405. The minimum atomic E-state index is -0.438. The van der Waals surface area contributed by atoms with Gasteiger partial charge >= 0.3 is 5.97 Å². The van der Waals surface area contributed by atoms with E-state index in [1.807, 2.05) is 6.08 Å². The van der Waals surface area contributed by atoms with Crippen molar-refractivity contribution in [2.24, 2.45) is 17.6 Å². The average molecular weight is 426 g/mol. The Labute approximate surface area is 180 Å². The number of allylic oxidation sites excluding steroid dienone is 3. The standard InChI is InChI=1S/C23H39NO4S/c1-3-4-7-10-18(25)13-14-20-19(21(26)17-22(20)29-16-15-24)11-8-5-6-9-12-23(27)28-2/h5,8,13-14,18-20,22,25H,3-4,6-7,9-12,15-17,24H2,1-2H3/b8-5-,14-13+/t18-,19+,20+,22?/m0/s1. The van der Waals surface area contributed by atoms with Crippen molar-refractivity contribution in [3.8, 4) is 0 Å². The van der Waals surface area contributed by atoms with Gasteiger partial charge in [-0.25, -0.2) is 0 Å². The summed E-state index contributed by atoms with van der Waals surface area (Å²) in [5.74, 6) is 1.05. The van der Waals surface area contributed by atoms with E-state index in [4.69, 9.17) is 5.73 Å². The molecule has 3 N–H and O–H groups in total.